The zero-order valence-electron chi connectivity index (χ0n) is 14.7. The Bertz CT molecular complexity index is 996. The molecule has 1 aliphatic heterocycles. The van der Waals surface area contributed by atoms with Crippen LogP contribution >= 0.6 is 11.6 Å². The molecule has 2 aromatic carbocycles. The van der Waals surface area contributed by atoms with Crippen LogP contribution in [0.1, 0.15) is 12.0 Å². The quantitative estimate of drug-likeness (QED) is 0.828. The van der Waals surface area contributed by atoms with Gasteiger partial charge < -0.3 is 10.1 Å². The molecule has 1 amide bonds. The van der Waals surface area contributed by atoms with Crippen LogP contribution in [0, 0.1) is 5.92 Å². The standard InChI is InChI=1S/C19H19ClN2O4S/c1-26-17-8-7-15(9-16(17)20)21-18(23)19-10-14(19)12-22(27(19,24)25)11-13-5-3-2-4-6-13/h2-9,14H,10-12H2,1H3,(H,21,23)/t14-,19+/m0/s1. The van der Waals surface area contributed by atoms with Gasteiger partial charge in [-0.3, -0.25) is 4.79 Å². The topological polar surface area (TPSA) is 75.7 Å². The van der Waals surface area contributed by atoms with Crippen LogP contribution in [0.4, 0.5) is 5.69 Å². The third-order valence-corrected chi connectivity index (χ3v) is 8.13. The van der Waals surface area contributed by atoms with Crippen LogP contribution in [0.3, 0.4) is 0 Å². The monoisotopic (exact) mass is 406 g/mol. The highest BCUT2D eigenvalue weighted by Gasteiger charge is 2.75. The van der Waals surface area contributed by atoms with Gasteiger partial charge in [-0.1, -0.05) is 41.9 Å². The Hall–Kier alpha value is -2.09. The van der Waals surface area contributed by atoms with Crippen LogP contribution in [0.5, 0.6) is 5.75 Å². The van der Waals surface area contributed by atoms with Crippen molar-refractivity contribution in [3.05, 3.63) is 59.1 Å². The van der Waals surface area contributed by atoms with Gasteiger partial charge in [-0.2, -0.15) is 4.31 Å². The van der Waals surface area contributed by atoms with Crippen LogP contribution in [0.15, 0.2) is 48.5 Å². The second-order valence-electron chi connectivity index (χ2n) is 6.88. The zero-order chi connectivity index (χ0) is 19.2. The van der Waals surface area contributed by atoms with Crippen molar-refractivity contribution < 1.29 is 17.9 Å². The molecule has 0 radical (unpaired) electrons. The molecule has 8 heteroatoms. The maximum absolute atomic E-state index is 13.1. The molecule has 0 unspecified atom stereocenters. The van der Waals surface area contributed by atoms with E-state index in [4.69, 9.17) is 16.3 Å². The SMILES string of the molecule is COc1ccc(NC(=O)[C@@]23C[C@H]2CN(Cc2ccccc2)S3(=O)=O)cc1Cl. The summed E-state index contributed by atoms with van der Waals surface area (Å²) in [5, 5.41) is 3.06. The van der Waals surface area contributed by atoms with Crippen LogP contribution in [-0.4, -0.2) is 37.0 Å². The van der Waals surface area contributed by atoms with E-state index in [9.17, 15) is 13.2 Å². The lowest BCUT2D eigenvalue weighted by Gasteiger charge is -2.21. The summed E-state index contributed by atoms with van der Waals surface area (Å²) in [6.45, 7) is 0.650. The van der Waals surface area contributed by atoms with Gasteiger partial charge in [0.1, 0.15) is 5.75 Å². The smallest absolute Gasteiger partial charge is 0.247 e. The largest absolute Gasteiger partial charge is 0.495 e. The molecular formula is C19H19ClN2O4S. The van der Waals surface area contributed by atoms with Crippen molar-refractivity contribution in [2.24, 2.45) is 5.92 Å². The van der Waals surface area contributed by atoms with Crippen LogP contribution in [-0.2, 0) is 21.4 Å². The fraction of sp³-hybridized carbons (Fsp3) is 0.316. The summed E-state index contributed by atoms with van der Waals surface area (Å²) in [6.07, 6.45) is 0.357. The van der Waals surface area contributed by atoms with Gasteiger partial charge in [-0.25, -0.2) is 8.42 Å². The minimum atomic E-state index is -3.73. The second-order valence-corrected chi connectivity index (χ2v) is 9.48. The third-order valence-electron chi connectivity index (χ3n) is 5.27. The molecule has 0 spiro atoms. The molecule has 1 N–H and O–H groups in total. The lowest BCUT2D eigenvalue weighted by Crippen LogP contribution is -2.41. The van der Waals surface area contributed by atoms with Gasteiger partial charge in [0.15, 0.2) is 4.75 Å². The number of hydrogen-bond acceptors (Lipinski definition) is 4. The first-order chi connectivity index (χ1) is 12.9. The minimum Gasteiger partial charge on any atom is -0.495 e. The zero-order valence-corrected chi connectivity index (χ0v) is 16.3. The van der Waals surface area contributed by atoms with Gasteiger partial charge in [-0.05, 0) is 30.2 Å². The van der Waals surface area contributed by atoms with E-state index >= 15 is 0 Å². The molecule has 4 rings (SSSR count). The van der Waals surface area contributed by atoms with Crippen LogP contribution in [0.2, 0.25) is 5.02 Å². The first-order valence-electron chi connectivity index (χ1n) is 8.57. The third kappa shape index (κ3) is 2.90. The van der Waals surface area contributed by atoms with E-state index in [1.54, 1.807) is 18.2 Å². The number of anilines is 1. The van der Waals surface area contributed by atoms with Crippen molar-refractivity contribution in [3.8, 4) is 5.75 Å². The number of halogens is 1. The van der Waals surface area contributed by atoms with E-state index in [0.717, 1.165) is 5.56 Å². The van der Waals surface area contributed by atoms with Gasteiger partial charge in [0.05, 0.1) is 12.1 Å². The number of nitrogens with zero attached hydrogens (tertiary/aromatic N) is 1. The van der Waals surface area contributed by atoms with E-state index in [1.807, 2.05) is 30.3 Å². The number of methoxy groups -OCH3 is 1. The van der Waals surface area contributed by atoms with E-state index in [0.29, 0.717) is 29.4 Å². The highest BCUT2D eigenvalue weighted by Crippen LogP contribution is 2.58. The molecule has 142 valence electrons. The number of nitrogens with one attached hydrogen (secondary N) is 1. The summed E-state index contributed by atoms with van der Waals surface area (Å²) in [6, 6.07) is 14.2. The Morgan fingerprint density at radius 3 is 2.70 bits per heavy atom. The van der Waals surface area contributed by atoms with Gasteiger partial charge >= 0.3 is 0 Å². The number of sulfonamides is 1. The normalized spacial score (nSPS) is 25.6. The van der Waals surface area contributed by atoms with Gasteiger partial charge in [0.2, 0.25) is 15.9 Å². The molecular weight excluding hydrogens is 388 g/mol. The molecule has 2 atom stereocenters. The molecule has 2 aliphatic rings. The molecule has 1 aliphatic carbocycles. The molecule has 2 fully saturated rings. The summed E-state index contributed by atoms with van der Waals surface area (Å²) in [7, 11) is -2.23. The minimum absolute atomic E-state index is 0.181. The first-order valence-corrected chi connectivity index (χ1v) is 10.4. The lowest BCUT2D eigenvalue weighted by molar-refractivity contribution is -0.116. The van der Waals surface area contributed by atoms with Crippen molar-refractivity contribution in [2.45, 2.75) is 17.7 Å². The van der Waals surface area contributed by atoms with Crippen molar-refractivity contribution in [2.75, 3.05) is 19.0 Å². The van der Waals surface area contributed by atoms with E-state index in [1.165, 1.54) is 11.4 Å². The van der Waals surface area contributed by atoms with E-state index < -0.39 is 20.7 Å². The number of carbonyl (C=O) groups excluding carboxylic acids is 1. The number of hydrogen-bond donors (Lipinski definition) is 1. The number of amides is 1. The van der Waals surface area contributed by atoms with Gasteiger partial charge in [-0.15, -0.1) is 0 Å². The molecule has 27 heavy (non-hydrogen) atoms. The Morgan fingerprint density at radius 1 is 1.30 bits per heavy atom. The predicted molar refractivity (Wildman–Crippen MR) is 103 cm³/mol. The van der Waals surface area contributed by atoms with E-state index in [2.05, 4.69) is 5.32 Å². The molecule has 2 aromatic rings. The maximum Gasteiger partial charge on any atom is 0.247 e. The van der Waals surface area contributed by atoms with E-state index in [-0.39, 0.29) is 12.5 Å². The Labute approximate surface area is 163 Å². The molecule has 0 aromatic heterocycles. The van der Waals surface area contributed by atoms with Gasteiger partial charge in [0, 0.05) is 24.7 Å². The number of ether oxygens (including phenoxy) is 1. The number of fused-ring (bicyclic) bond motifs is 1. The Kier molecular flexibility index (Phi) is 4.41. The summed E-state index contributed by atoms with van der Waals surface area (Å²) < 4.78 is 31.3. The van der Waals surface area contributed by atoms with Crippen LogP contribution < -0.4 is 10.1 Å². The Balaban J connectivity index is 1.54. The van der Waals surface area contributed by atoms with Gasteiger partial charge in [0.25, 0.3) is 0 Å². The summed E-state index contributed by atoms with van der Waals surface area (Å²) >= 11 is 6.08. The predicted octanol–water partition coefficient (Wildman–Crippen LogP) is 2.89. The fourth-order valence-corrected chi connectivity index (χ4v) is 6.33. The summed E-state index contributed by atoms with van der Waals surface area (Å²) in [4.78, 5) is 12.9. The average Bonchev–Trinajstić information content (AvgIpc) is 3.33. The number of rotatable bonds is 5. The fourth-order valence-electron chi connectivity index (χ4n) is 3.72. The highest BCUT2D eigenvalue weighted by molar-refractivity contribution is 7.92. The van der Waals surface area contributed by atoms with Crippen LogP contribution in [0.25, 0.3) is 0 Å². The first kappa shape index (κ1) is 18.3. The molecule has 1 heterocycles. The van der Waals surface area contributed by atoms with Crippen molar-refractivity contribution in [1.29, 1.82) is 0 Å². The second kappa shape index (κ2) is 6.51. The van der Waals surface area contributed by atoms with Crippen molar-refractivity contribution in [1.82, 2.24) is 4.31 Å². The Morgan fingerprint density at radius 2 is 2.04 bits per heavy atom. The number of benzene rings is 2. The average molecular weight is 407 g/mol. The van der Waals surface area contributed by atoms with Crippen molar-refractivity contribution in [3.63, 3.8) is 0 Å². The molecule has 6 nitrogen and oxygen atoms in total. The summed E-state index contributed by atoms with van der Waals surface area (Å²) in [5.74, 6) is -0.191. The molecule has 1 saturated carbocycles. The van der Waals surface area contributed by atoms with Crippen molar-refractivity contribution >= 4 is 33.2 Å². The highest BCUT2D eigenvalue weighted by atomic mass is 35.5. The summed E-state index contributed by atoms with van der Waals surface area (Å²) in [5.41, 5.74) is 1.35. The molecule has 0 bridgehead atoms. The molecule has 1 saturated heterocycles. The number of carbonyl (C=O) groups is 1. The maximum atomic E-state index is 13.1. The lowest BCUT2D eigenvalue weighted by atomic mass is 10.2.